The Kier molecular flexibility index (Phi) is 9.51. The third-order valence-electron chi connectivity index (χ3n) is 6.64. The van der Waals surface area contributed by atoms with Crippen LogP contribution in [0.5, 0.6) is 0 Å². The Morgan fingerprint density at radius 2 is 1.69 bits per heavy atom. The number of aliphatic hydroxyl groups is 1. The lowest BCUT2D eigenvalue weighted by Crippen LogP contribution is -2.38. The van der Waals surface area contributed by atoms with Gasteiger partial charge >= 0.3 is 0 Å². The van der Waals surface area contributed by atoms with Crippen LogP contribution < -0.4 is 0 Å². The summed E-state index contributed by atoms with van der Waals surface area (Å²) in [4.78, 5) is 16.8. The van der Waals surface area contributed by atoms with Crippen LogP contribution in [0, 0.1) is 0 Å². The number of benzene rings is 2. The molecule has 0 atom stereocenters. The number of carbonyl (C=O) groups is 1. The predicted molar refractivity (Wildman–Crippen MR) is 132 cm³/mol. The van der Waals surface area contributed by atoms with Gasteiger partial charge in [-0.2, -0.15) is 0 Å². The molecule has 1 aliphatic carbocycles. The van der Waals surface area contributed by atoms with Gasteiger partial charge in [0.1, 0.15) is 0 Å². The minimum absolute atomic E-state index is 0.204. The summed E-state index contributed by atoms with van der Waals surface area (Å²) in [6.07, 6.45) is 9.69. The van der Waals surface area contributed by atoms with E-state index in [0.717, 1.165) is 50.8 Å². The monoisotopic (exact) mass is 434 g/mol. The summed E-state index contributed by atoms with van der Waals surface area (Å²) in [5.74, 6) is 0.796. The predicted octanol–water partition coefficient (Wildman–Crippen LogP) is 5.09. The molecule has 1 aliphatic rings. The maximum Gasteiger partial charge on any atom is 0.226 e. The molecule has 4 nitrogen and oxygen atoms in total. The van der Waals surface area contributed by atoms with Crippen LogP contribution in [0.4, 0.5) is 0 Å². The van der Waals surface area contributed by atoms with Crippen molar-refractivity contribution in [3.63, 3.8) is 0 Å². The molecule has 1 fully saturated rings. The van der Waals surface area contributed by atoms with Crippen LogP contribution in [0.2, 0.25) is 0 Å². The van der Waals surface area contributed by atoms with Crippen LogP contribution in [0.1, 0.15) is 61.1 Å². The molecule has 4 heteroatoms. The molecule has 0 radical (unpaired) electrons. The minimum atomic E-state index is 0.204. The maximum absolute atomic E-state index is 12.6. The van der Waals surface area contributed by atoms with E-state index in [1.807, 2.05) is 54.4 Å². The van der Waals surface area contributed by atoms with E-state index in [9.17, 15) is 4.79 Å². The van der Waals surface area contributed by atoms with Gasteiger partial charge in [0, 0.05) is 39.2 Å². The summed E-state index contributed by atoms with van der Waals surface area (Å²) in [5, 5.41) is 8.97. The number of aliphatic hydroxyl groups excluding tert-OH is 1. The topological polar surface area (TPSA) is 43.8 Å². The minimum Gasteiger partial charge on any atom is -0.396 e. The summed E-state index contributed by atoms with van der Waals surface area (Å²) in [6.45, 7) is 2.08. The number of carbonyl (C=O) groups excluding carboxylic acids is 1. The summed E-state index contributed by atoms with van der Waals surface area (Å²) in [5.41, 5.74) is 3.87. The summed E-state index contributed by atoms with van der Waals surface area (Å²) >= 11 is 0. The van der Waals surface area contributed by atoms with Crippen LogP contribution in [0.3, 0.4) is 0 Å². The lowest BCUT2D eigenvalue weighted by Gasteiger charge is -2.35. The van der Waals surface area contributed by atoms with E-state index in [0.29, 0.717) is 18.4 Å². The van der Waals surface area contributed by atoms with Crippen LogP contribution in [-0.2, 0) is 11.3 Å². The first-order chi connectivity index (χ1) is 15.6. The van der Waals surface area contributed by atoms with Crippen molar-refractivity contribution in [2.45, 2.75) is 57.0 Å². The zero-order valence-corrected chi connectivity index (χ0v) is 19.6. The van der Waals surface area contributed by atoms with E-state index in [-0.39, 0.29) is 12.5 Å². The number of hydrogen-bond acceptors (Lipinski definition) is 3. The molecule has 0 saturated heterocycles. The van der Waals surface area contributed by atoms with Crippen molar-refractivity contribution in [2.75, 3.05) is 27.2 Å². The smallest absolute Gasteiger partial charge is 0.226 e. The average Bonchev–Trinajstić information content (AvgIpc) is 2.83. The van der Waals surface area contributed by atoms with Crippen molar-refractivity contribution in [1.29, 1.82) is 0 Å². The second-order valence-corrected chi connectivity index (χ2v) is 9.08. The largest absolute Gasteiger partial charge is 0.396 e. The average molecular weight is 435 g/mol. The zero-order valence-electron chi connectivity index (χ0n) is 19.6. The number of amides is 1. The van der Waals surface area contributed by atoms with Gasteiger partial charge < -0.3 is 14.9 Å². The highest BCUT2D eigenvalue weighted by Gasteiger charge is 2.26. The van der Waals surface area contributed by atoms with E-state index in [1.54, 1.807) is 0 Å². The van der Waals surface area contributed by atoms with Gasteiger partial charge in [-0.05, 0) is 61.8 Å². The molecule has 3 rings (SSSR count). The SMILES string of the molecule is CN(CCCO)Cc1ccc(C2CCC(N(C)C(=O)CC=Cc3ccccc3)CC2)cc1. The molecule has 172 valence electrons. The Balaban J connectivity index is 1.43. The van der Waals surface area contributed by atoms with Crippen molar-refractivity contribution >= 4 is 12.0 Å². The maximum atomic E-state index is 12.6. The molecule has 0 bridgehead atoms. The Labute approximate surface area is 193 Å². The van der Waals surface area contributed by atoms with Gasteiger partial charge in [-0.15, -0.1) is 0 Å². The molecule has 32 heavy (non-hydrogen) atoms. The lowest BCUT2D eigenvalue weighted by atomic mass is 9.81. The Hall–Kier alpha value is -2.43. The number of hydrogen-bond donors (Lipinski definition) is 1. The second kappa shape index (κ2) is 12.6. The van der Waals surface area contributed by atoms with Crippen molar-refractivity contribution in [1.82, 2.24) is 9.80 Å². The van der Waals surface area contributed by atoms with Crippen LogP contribution in [-0.4, -0.2) is 54.1 Å². The summed E-state index contributed by atoms with van der Waals surface area (Å²) in [7, 11) is 4.06. The van der Waals surface area contributed by atoms with Crippen molar-refractivity contribution in [2.24, 2.45) is 0 Å². The Morgan fingerprint density at radius 1 is 1.00 bits per heavy atom. The van der Waals surface area contributed by atoms with Crippen molar-refractivity contribution < 1.29 is 9.90 Å². The van der Waals surface area contributed by atoms with E-state index in [4.69, 9.17) is 5.11 Å². The normalized spacial score (nSPS) is 18.9. The molecular weight excluding hydrogens is 396 g/mol. The van der Waals surface area contributed by atoms with Gasteiger partial charge in [-0.3, -0.25) is 4.79 Å². The third kappa shape index (κ3) is 7.32. The summed E-state index contributed by atoms with van der Waals surface area (Å²) in [6, 6.07) is 19.5. The first kappa shape index (κ1) is 24.2. The Morgan fingerprint density at radius 3 is 2.34 bits per heavy atom. The molecule has 1 saturated carbocycles. The number of nitrogens with zero attached hydrogens (tertiary/aromatic N) is 2. The van der Waals surface area contributed by atoms with Crippen LogP contribution in [0.25, 0.3) is 6.08 Å². The van der Waals surface area contributed by atoms with Gasteiger partial charge in [0.25, 0.3) is 0 Å². The highest BCUT2D eigenvalue weighted by atomic mass is 16.3. The van der Waals surface area contributed by atoms with Crippen LogP contribution in [0.15, 0.2) is 60.7 Å². The fourth-order valence-corrected chi connectivity index (χ4v) is 4.63. The highest BCUT2D eigenvalue weighted by Crippen LogP contribution is 2.34. The quantitative estimate of drug-likeness (QED) is 0.566. The second-order valence-electron chi connectivity index (χ2n) is 9.08. The van der Waals surface area contributed by atoms with Crippen molar-refractivity contribution in [3.8, 4) is 0 Å². The molecule has 0 aliphatic heterocycles. The zero-order chi connectivity index (χ0) is 22.8. The standard InChI is InChI=1S/C28H38N2O2/c1-29(20-7-21-31)22-24-12-14-25(15-13-24)26-16-18-27(19-17-26)30(2)28(32)11-6-10-23-8-4-3-5-9-23/h3-6,8-10,12-15,26-27,31H,7,11,16-22H2,1-2H3. The van der Waals surface area contributed by atoms with E-state index < -0.39 is 0 Å². The molecule has 0 aromatic heterocycles. The van der Waals surface area contributed by atoms with Gasteiger partial charge in [0.15, 0.2) is 0 Å². The molecule has 0 heterocycles. The van der Waals surface area contributed by atoms with Crippen LogP contribution >= 0.6 is 0 Å². The summed E-state index contributed by atoms with van der Waals surface area (Å²) < 4.78 is 0. The van der Waals surface area contributed by atoms with Gasteiger partial charge in [0.05, 0.1) is 0 Å². The molecule has 2 aromatic carbocycles. The lowest BCUT2D eigenvalue weighted by molar-refractivity contribution is -0.131. The Bertz CT molecular complexity index is 839. The van der Waals surface area contributed by atoms with Gasteiger partial charge in [-0.25, -0.2) is 0 Å². The fraction of sp³-hybridized carbons (Fsp3) is 0.464. The molecule has 1 amide bonds. The molecule has 0 unspecified atom stereocenters. The van der Waals surface area contributed by atoms with Gasteiger partial charge in [0.2, 0.25) is 5.91 Å². The van der Waals surface area contributed by atoms with E-state index >= 15 is 0 Å². The molecule has 0 spiro atoms. The van der Waals surface area contributed by atoms with E-state index in [2.05, 4.69) is 36.2 Å². The van der Waals surface area contributed by atoms with Crippen molar-refractivity contribution in [3.05, 3.63) is 77.4 Å². The molecule has 2 aromatic rings. The molecule has 1 N–H and O–H groups in total. The van der Waals surface area contributed by atoms with Gasteiger partial charge in [-0.1, -0.05) is 66.7 Å². The van der Waals surface area contributed by atoms with E-state index in [1.165, 1.54) is 11.1 Å². The third-order valence-corrected chi connectivity index (χ3v) is 6.64. The highest BCUT2D eigenvalue weighted by molar-refractivity contribution is 5.78. The first-order valence-corrected chi connectivity index (χ1v) is 11.9. The first-order valence-electron chi connectivity index (χ1n) is 11.9. The molecular formula is C28H38N2O2. The number of rotatable bonds is 10. The fourth-order valence-electron chi connectivity index (χ4n) is 4.63.